The van der Waals surface area contributed by atoms with E-state index in [2.05, 4.69) is 55.2 Å². The van der Waals surface area contributed by atoms with Crippen LogP contribution in [-0.4, -0.2) is 48.1 Å². The minimum Gasteiger partial charge on any atom is -0.355 e. The summed E-state index contributed by atoms with van der Waals surface area (Å²) >= 11 is 3.49. The van der Waals surface area contributed by atoms with Crippen molar-refractivity contribution < 1.29 is 0 Å². The van der Waals surface area contributed by atoms with Crippen LogP contribution in [0, 0.1) is 0 Å². The zero-order valence-electron chi connectivity index (χ0n) is 10.7. The number of hydrogen-bond acceptors (Lipinski definition) is 6. The van der Waals surface area contributed by atoms with Gasteiger partial charge in [0.1, 0.15) is 5.82 Å². The Balaban J connectivity index is 2.14. The Labute approximate surface area is 116 Å². The Bertz CT molecular complexity index is 405. The molecular weight excluding hydrogens is 296 g/mol. The predicted molar refractivity (Wildman–Crippen MR) is 76.5 cm³/mol. The van der Waals surface area contributed by atoms with Gasteiger partial charge >= 0.3 is 0 Å². The predicted octanol–water partition coefficient (Wildman–Crippen LogP) is 1.06. The maximum absolute atomic E-state index is 5.35. The number of rotatable bonds is 3. The van der Waals surface area contributed by atoms with Gasteiger partial charge in [-0.25, -0.2) is 10.8 Å². The van der Waals surface area contributed by atoms with Crippen LogP contribution in [0.3, 0.4) is 0 Å². The minimum atomic E-state index is 0.438. The van der Waals surface area contributed by atoms with Gasteiger partial charge < -0.3 is 9.80 Å². The van der Waals surface area contributed by atoms with Gasteiger partial charge in [0.25, 0.3) is 0 Å². The molecule has 6 nitrogen and oxygen atoms in total. The van der Waals surface area contributed by atoms with E-state index >= 15 is 0 Å². The summed E-state index contributed by atoms with van der Waals surface area (Å²) in [5, 5.41) is 0. The Morgan fingerprint density at radius 3 is 2.78 bits per heavy atom. The molecule has 1 aromatic rings. The summed E-state index contributed by atoms with van der Waals surface area (Å²) in [6.45, 7) is 2.25. The monoisotopic (exact) mass is 314 g/mol. The highest BCUT2D eigenvalue weighted by molar-refractivity contribution is 9.10. The van der Waals surface area contributed by atoms with Gasteiger partial charge in [-0.1, -0.05) is 0 Å². The van der Waals surface area contributed by atoms with Gasteiger partial charge in [-0.15, -0.1) is 0 Å². The normalized spacial score (nSPS) is 17.8. The number of nitrogens with two attached hydrogens (primary N) is 1. The molecule has 0 unspecified atom stereocenters. The van der Waals surface area contributed by atoms with Gasteiger partial charge in [0.2, 0.25) is 5.95 Å². The number of hydrazine groups is 1. The van der Waals surface area contributed by atoms with Crippen LogP contribution in [0.25, 0.3) is 0 Å². The van der Waals surface area contributed by atoms with E-state index in [0.29, 0.717) is 12.0 Å². The zero-order valence-corrected chi connectivity index (χ0v) is 12.3. The molecule has 18 heavy (non-hydrogen) atoms. The number of nitrogen functional groups attached to an aromatic ring is 1. The van der Waals surface area contributed by atoms with Gasteiger partial charge in [-0.05, 0) is 48.9 Å². The third-order valence-corrected chi connectivity index (χ3v) is 3.98. The molecule has 7 heteroatoms. The summed E-state index contributed by atoms with van der Waals surface area (Å²) in [4.78, 5) is 13.0. The first-order valence-corrected chi connectivity index (χ1v) is 6.81. The third kappa shape index (κ3) is 2.90. The Hall–Kier alpha value is -0.920. The SMILES string of the molecule is CN1CCC(N(C)c2nc(NN)ncc2Br)CC1. The second kappa shape index (κ2) is 5.81. The molecule has 1 aliphatic heterocycles. The van der Waals surface area contributed by atoms with Crippen LogP contribution in [0.15, 0.2) is 10.7 Å². The van der Waals surface area contributed by atoms with E-state index in [1.54, 1.807) is 6.20 Å². The molecule has 1 aliphatic rings. The second-order valence-corrected chi connectivity index (χ2v) is 5.51. The molecule has 2 rings (SSSR count). The number of nitrogens with one attached hydrogen (secondary N) is 1. The molecule has 0 bridgehead atoms. The van der Waals surface area contributed by atoms with Crippen molar-refractivity contribution in [3.8, 4) is 0 Å². The first-order chi connectivity index (χ1) is 8.61. The smallest absolute Gasteiger partial charge is 0.239 e. The zero-order chi connectivity index (χ0) is 13.1. The minimum absolute atomic E-state index is 0.438. The van der Waals surface area contributed by atoms with Gasteiger partial charge in [0, 0.05) is 19.3 Å². The van der Waals surface area contributed by atoms with Crippen molar-refractivity contribution >= 4 is 27.7 Å². The lowest BCUT2D eigenvalue weighted by molar-refractivity contribution is 0.252. The molecule has 1 aromatic heterocycles. The average Bonchev–Trinajstić information content (AvgIpc) is 2.39. The molecule has 0 saturated carbocycles. The van der Waals surface area contributed by atoms with E-state index in [1.165, 1.54) is 0 Å². The Morgan fingerprint density at radius 2 is 2.17 bits per heavy atom. The van der Waals surface area contributed by atoms with Crippen molar-refractivity contribution in [2.24, 2.45) is 5.84 Å². The number of likely N-dealkylation sites (tertiary alicyclic amines) is 1. The fourth-order valence-electron chi connectivity index (χ4n) is 2.23. The van der Waals surface area contributed by atoms with Crippen LogP contribution < -0.4 is 16.2 Å². The van der Waals surface area contributed by atoms with Crippen molar-refractivity contribution in [1.29, 1.82) is 0 Å². The average molecular weight is 315 g/mol. The maximum Gasteiger partial charge on any atom is 0.239 e. The van der Waals surface area contributed by atoms with Gasteiger partial charge in [0.15, 0.2) is 0 Å². The molecule has 0 atom stereocenters. The summed E-state index contributed by atoms with van der Waals surface area (Å²) < 4.78 is 0.892. The molecular formula is C11H19BrN6. The largest absolute Gasteiger partial charge is 0.355 e. The van der Waals surface area contributed by atoms with E-state index in [9.17, 15) is 0 Å². The lowest BCUT2D eigenvalue weighted by atomic mass is 10.0. The fraction of sp³-hybridized carbons (Fsp3) is 0.636. The molecule has 0 aromatic carbocycles. The van der Waals surface area contributed by atoms with Crippen LogP contribution in [0.1, 0.15) is 12.8 Å². The second-order valence-electron chi connectivity index (χ2n) is 4.65. The molecule has 100 valence electrons. The quantitative estimate of drug-likeness (QED) is 0.642. The van der Waals surface area contributed by atoms with E-state index in [1.807, 2.05) is 0 Å². The summed E-state index contributed by atoms with van der Waals surface area (Å²) in [6, 6.07) is 0.512. The number of halogens is 1. The van der Waals surface area contributed by atoms with Crippen molar-refractivity contribution in [3.05, 3.63) is 10.7 Å². The number of aromatic nitrogens is 2. The summed E-state index contributed by atoms with van der Waals surface area (Å²) in [5.41, 5.74) is 2.48. The van der Waals surface area contributed by atoms with Crippen molar-refractivity contribution in [2.75, 3.05) is 37.5 Å². The Morgan fingerprint density at radius 1 is 1.50 bits per heavy atom. The van der Waals surface area contributed by atoms with E-state index in [-0.39, 0.29) is 0 Å². The lowest BCUT2D eigenvalue weighted by Gasteiger charge is -2.36. The molecule has 0 amide bonds. The molecule has 0 radical (unpaired) electrons. The van der Waals surface area contributed by atoms with Crippen LogP contribution in [0.2, 0.25) is 0 Å². The van der Waals surface area contributed by atoms with E-state index < -0.39 is 0 Å². The van der Waals surface area contributed by atoms with Crippen LogP contribution in [0.4, 0.5) is 11.8 Å². The standard InChI is InChI=1S/C11H19BrN6/c1-17-5-3-8(4-6-17)18(2)10-9(12)7-14-11(15-10)16-13/h7-8H,3-6,13H2,1-2H3,(H,14,15,16). The van der Waals surface area contributed by atoms with Crippen molar-refractivity contribution in [3.63, 3.8) is 0 Å². The topological polar surface area (TPSA) is 70.3 Å². The summed E-state index contributed by atoms with van der Waals surface area (Å²) in [7, 11) is 4.23. The Kier molecular flexibility index (Phi) is 4.36. The highest BCUT2D eigenvalue weighted by Gasteiger charge is 2.23. The highest BCUT2D eigenvalue weighted by Crippen LogP contribution is 2.27. The molecule has 0 spiro atoms. The van der Waals surface area contributed by atoms with Gasteiger partial charge in [-0.3, -0.25) is 5.43 Å². The van der Waals surface area contributed by atoms with E-state index in [4.69, 9.17) is 5.84 Å². The number of hydrogen-bond donors (Lipinski definition) is 2. The third-order valence-electron chi connectivity index (χ3n) is 3.42. The van der Waals surface area contributed by atoms with Crippen LogP contribution in [-0.2, 0) is 0 Å². The van der Waals surface area contributed by atoms with Gasteiger partial charge in [-0.2, -0.15) is 4.98 Å². The number of piperidine rings is 1. The molecule has 2 heterocycles. The fourth-order valence-corrected chi connectivity index (χ4v) is 2.70. The first-order valence-electron chi connectivity index (χ1n) is 6.02. The van der Waals surface area contributed by atoms with Crippen LogP contribution >= 0.6 is 15.9 Å². The first kappa shape index (κ1) is 13.5. The van der Waals surface area contributed by atoms with Crippen LogP contribution in [0.5, 0.6) is 0 Å². The maximum atomic E-state index is 5.35. The molecule has 3 N–H and O–H groups in total. The molecule has 0 aliphatic carbocycles. The van der Waals surface area contributed by atoms with Crippen molar-refractivity contribution in [1.82, 2.24) is 14.9 Å². The number of anilines is 2. The van der Waals surface area contributed by atoms with E-state index in [0.717, 1.165) is 36.2 Å². The van der Waals surface area contributed by atoms with Crippen molar-refractivity contribution in [2.45, 2.75) is 18.9 Å². The van der Waals surface area contributed by atoms with Gasteiger partial charge in [0.05, 0.1) is 4.47 Å². The lowest BCUT2D eigenvalue weighted by Crippen LogP contribution is -2.42. The molecule has 1 fully saturated rings. The summed E-state index contributed by atoms with van der Waals surface area (Å²) in [6.07, 6.45) is 4.02. The number of nitrogens with zero attached hydrogens (tertiary/aromatic N) is 4. The summed E-state index contributed by atoms with van der Waals surface area (Å²) in [5.74, 6) is 6.67. The molecule has 1 saturated heterocycles. The highest BCUT2D eigenvalue weighted by atomic mass is 79.9.